The molecule has 0 aliphatic carbocycles. The molecule has 2 rings (SSSR count). The molecule has 2 aromatic carbocycles. The molecular formula is C21H27N3O2. The highest BCUT2D eigenvalue weighted by Crippen LogP contribution is 2.02. The lowest BCUT2D eigenvalue weighted by Crippen LogP contribution is -2.46. The summed E-state index contributed by atoms with van der Waals surface area (Å²) in [6, 6.07) is 19.4. The Hall–Kier alpha value is -2.66. The number of benzene rings is 2. The van der Waals surface area contributed by atoms with E-state index in [1.54, 1.807) is 0 Å². The standard InChI is InChI=1S/C21H27N3O2/c1-17(25)24-20(21(26)23-16-19-11-6-3-7-12-19)13-8-14-22-15-18-9-4-2-5-10-18/h2-7,9-12,20,22H,8,13-16H2,1H3,(H,23,26)(H,24,25)/t20-/m0/s1. The van der Waals surface area contributed by atoms with Gasteiger partial charge in [0.25, 0.3) is 0 Å². The summed E-state index contributed by atoms with van der Waals surface area (Å²) < 4.78 is 0. The van der Waals surface area contributed by atoms with E-state index in [1.807, 2.05) is 48.5 Å². The first-order valence-electron chi connectivity index (χ1n) is 8.98. The van der Waals surface area contributed by atoms with Crippen molar-refractivity contribution in [2.45, 2.75) is 38.9 Å². The smallest absolute Gasteiger partial charge is 0.242 e. The zero-order valence-corrected chi connectivity index (χ0v) is 15.2. The Morgan fingerprint density at radius 1 is 0.885 bits per heavy atom. The van der Waals surface area contributed by atoms with Crippen LogP contribution < -0.4 is 16.0 Å². The van der Waals surface area contributed by atoms with Gasteiger partial charge in [0.2, 0.25) is 11.8 Å². The Morgan fingerprint density at radius 2 is 1.46 bits per heavy atom. The highest BCUT2D eigenvalue weighted by molar-refractivity contribution is 5.86. The number of hydrogen-bond donors (Lipinski definition) is 3. The third-order valence-electron chi connectivity index (χ3n) is 4.02. The number of rotatable bonds is 10. The van der Waals surface area contributed by atoms with E-state index in [0.29, 0.717) is 13.0 Å². The van der Waals surface area contributed by atoms with Gasteiger partial charge < -0.3 is 16.0 Å². The lowest BCUT2D eigenvalue weighted by molar-refractivity contribution is -0.128. The maximum atomic E-state index is 12.4. The minimum atomic E-state index is -0.505. The van der Waals surface area contributed by atoms with Gasteiger partial charge in [-0.2, -0.15) is 0 Å². The number of nitrogens with one attached hydrogen (secondary N) is 3. The fourth-order valence-electron chi connectivity index (χ4n) is 2.68. The van der Waals surface area contributed by atoms with Crippen LogP contribution in [0.5, 0.6) is 0 Å². The van der Waals surface area contributed by atoms with E-state index in [1.165, 1.54) is 12.5 Å². The van der Waals surface area contributed by atoms with Crippen LogP contribution in [-0.4, -0.2) is 24.4 Å². The summed E-state index contributed by atoms with van der Waals surface area (Å²) in [4.78, 5) is 23.8. The monoisotopic (exact) mass is 353 g/mol. The molecule has 1 atom stereocenters. The van der Waals surface area contributed by atoms with Crippen LogP contribution in [-0.2, 0) is 22.7 Å². The summed E-state index contributed by atoms with van der Waals surface area (Å²) in [7, 11) is 0. The van der Waals surface area contributed by atoms with Gasteiger partial charge in [-0.1, -0.05) is 60.7 Å². The van der Waals surface area contributed by atoms with Gasteiger partial charge in [-0.3, -0.25) is 9.59 Å². The third kappa shape index (κ3) is 7.49. The van der Waals surface area contributed by atoms with Crippen molar-refractivity contribution in [2.24, 2.45) is 0 Å². The van der Waals surface area contributed by atoms with Crippen LogP contribution in [0, 0.1) is 0 Å². The molecule has 0 aromatic heterocycles. The van der Waals surface area contributed by atoms with E-state index >= 15 is 0 Å². The normalized spacial score (nSPS) is 11.6. The maximum absolute atomic E-state index is 12.4. The van der Waals surface area contributed by atoms with Crippen molar-refractivity contribution >= 4 is 11.8 Å². The van der Waals surface area contributed by atoms with E-state index in [4.69, 9.17) is 0 Å². The van der Waals surface area contributed by atoms with Crippen LogP contribution in [0.4, 0.5) is 0 Å². The summed E-state index contributed by atoms with van der Waals surface area (Å²) in [5.41, 5.74) is 2.26. The van der Waals surface area contributed by atoms with E-state index in [9.17, 15) is 9.59 Å². The number of carbonyl (C=O) groups is 2. The molecule has 0 spiro atoms. The van der Waals surface area contributed by atoms with Crippen LogP contribution in [0.25, 0.3) is 0 Å². The zero-order valence-electron chi connectivity index (χ0n) is 15.2. The molecule has 5 heteroatoms. The molecule has 26 heavy (non-hydrogen) atoms. The Bertz CT molecular complexity index is 674. The molecule has 3 N–H and O–H groups in total. The zero-order chi connectivity index (χ0) is 18.6. The molecule has 5 nitrogen and oxygen atoms in total. The average Bonchev–Trinajstić information content (AvgIpc) is 2.66. The van der Waals surface area contributed by atoms with Gasteiger partial charge in [-0.25, -0.2) is 0 Å². The summed E-state index contributed by atoms with van der Waals surface area (Å²) in [6.45, 7) is 3.48. The molecule has 0 fully saturated rings. The van der Waals surface area contributed by atoms with Crippen LogP contribution in [0.1, 0.15) is 30.9 Å². The largest absolute Gasteiger partial charge is 0.350 e. The number of hydrogen-bond acceptors (Lipinski definition) is 3. The van der Waals surface area contributed by atoms with Crippen LogP contribution in [0.2, 0.25) is 0 Å². The van der Waals surface area contributed by atoms with Gasteiger partial charge in [-0.15, -0.1) is 0 Å². The van der Waals surface area contributed by atoms with Gasteiger partial charge in [0.1, 0.15) is 6.04 Å². The molecule has 0 saturated heterocycles. The van der Waals surface area contributed by atoms with Gasteiger partial charge in [0, 0.05) is 20.0 Å². The SMILES string of the molecule is CC(=O)N[C@@H](CCCNCc1ccccc1)C(=O)NCc1ccccc1. The van der Waals surface area contributed by atoms with Crippen LogP contribution in [0.15, 0.2) is 60.7 Å². The molecule has 0 radical (unpaired) electrons. The van der Waals surface area contributed by atoms with Crippen molar-refractivity contribution in [2.75, 3.05) is 6.54 Å². The third-order valence-corrected chi connectivity index (χ3v) is 4.02. The fourth-order valence-corrected chi connectivity index (χ4v) is 2.68. The van der Waals surface area contributed by atoms with E-state index in [-0.39, 0.29) is 11.8 Å². The van der Waals surface area contributed by atoms with E-state index in [0.717, 1.165) is 25.1 Å². The van der Waals surface area contributed by atoms with E-state index < -0.39 is 6.04 Å². The van der Waals surface area contributed by atoms with E-state index in [2.05, 4.69) is 28.1 Å². The van der Waals surface area contributed by atoms with Crippen molar-refractivity contribution in [1.29, 1.82) is 0 Å². The molecule has 138 valence electrons. The van der Waals surface area contributed by atoms with Gasteiger partial charge >= 0.3 is 0 Å². The Morgan fingerprint density at radius 3 is 2.04 bits per heavy atom. The van der Waals surface area contributed by atoms with Crippen molar-refractivity contribution in [1.82, 2.24) is 16.0 Å². The first-order chi connectivity index (χ1) is 12.6. The molecule has 2 amide bonds. The average molecular weight is 353 g/mol. The summed E-state index contributed by atoms with van der Waals surface area (Å²) in [5.74, 6) is -0.339. The summed E-state index contributed by atoms with van der Waals surface area (Å²) >= 11 is 0. The molecule has 0 aliphatic heterocycles. The van der Waals surface area contributed by atoms with Crippen molar-refractivity contribution in [3.05, 3.63) is 71.8 Å². The first kappa shape index (κ1) is 19.7. The molecular weight excluding hydrogens is 326 g/mol. The van der Waals surface area contributed by atoms with Crippen molar-refractivity contribution in [3.63, 3.8) is 0 Å². The second-order valence-corrected chi connectivity index (χ2v) is 6.26. The topological polar surface area (TPSA) is 70.2 Å². The highest BCUT2D eigenvalue weighted by Gasteiger charge is 2.18. The Balaban J connectivity index is 1.73. The first-order valence-corrected chi connectivity index (χ1v) is 8.98. The minimum absolute atomic E-state index is 0.146. The lowest BCUT2D eigenvalue weighted by atomic mass is 10.1. The minimum Gasteiger partial charge on any atom is -0.350 e. The highest BCUT2D eigenvalue weighted by atomic mass is 16.2. The van der Waals surface area contributed by atoms with Gasteiger partial charge in [-0.05, 0) is 30.5 Å². The van der Waals surface area contributed by atoms with Crippen molar-refractivity contribution < 1.29 is 9.59 Å². The summed E-state index contributed by atoms with van der Waals surface area (Å²) in [5, 5.41) is 9.01. The van der Waals surface area contributed by atoms with Gasteiger partial charge in [0.05, 0.1) is 0 Å². The molecule has 0 heterocycles. The lowest BCUT2D eigenvalue weighted by Gasteiger charge is -2.18. The second kappa shape index (κ2) is 11.1. The predicted molar refractivity (Wildman–Crippen MR) is 103 cm³/mol. The summed E-state index contributed by atoms with van der Waals surface area (Å²) in [6.07, 6.45) is 1.40. The maximum Gasteiger partial charge on any atom is 0.242 e. The second-order valence-electron chi connectivity index (χ2n) is 6.26. The van der Waals surface area contributed by atoms with Crippen molar-refractivity contribution in [3.8, 4) is 0 Å². The molecule has 0 unspecified atom stereocenters. The van der Waals surface area contributed by atoms with Crippen LogP contribution >= 0.6 is 0 Å². The van der Waals surface area contributed by atoms with Crippen LogP contribution in [0.3, 0.4) is 0 Å². The fraction of sp³-hybridized carbons (Fsp3) is 0.333. The predicted octanol–water partition coefficient (Wildman–Crippen LogP) is 2.38. The molecule has 0 aliphatic rings. The molecule has 0 bridgehead atoms. The quantitative estimate of drug-likeness (QED) is 0.575. The number of carbonyl (C=O) groups excluding carboxylic acids is 2. The van der Waals surface area contributed by atoms with Gasteiger partial charge in [0.15, 0.2) is 0 Å². The molecule has 2 aromatic rings. The Labute approximate surface area is 155 Å². The Kier molecular flexibility index (Phi) is 8.36. The molecule has 0 saturated carbocycles. The number of amides is 2.